The number of nitrogens with one attached hydrogen (secondary N) is 1. The number of nitrogens with two attached hydrogens (primary N) is 1. The molecule has 1 amide bonds. The predicted octanol–water partition coefficient (Wildman–Crippen LogP) is 5.36. The number of rotatable bonds is 7. The molecule has 0 aliphatic carbocycles. The quantitative estimate of drug-likeness (QED) is 0.649. The minimum absolute atomic E-state index is 0.00926. The van der Waals surface area contributed by atoms with Crippen molar-refractivity contribution < 1.29 is 4.79 Å². The second-order valence-corrected chi connectivity index (χ2v) is 6.19. The third kappa shape index (κ3) is 8.88. The van der Waals surface area contributed by atoms with E-state index < -0.39 is 0 Å². The van der Waals surface area contributed by atoms with E-state index in [0.29, 0.717) is 0 Å². The van der Waals surface area contributed by atoms with Gasteiger partial charge in [-0.2, -0.15) is 0 Å². The summed E-state index contributed by atoms with van der Waals surface area (Å²) >= 11 is 0. The first kappa shape index (κ1) is 23.2. The van der Waals surface area contributed by atoms with Crippen molar-refractivity contribution in [3.05, 3.63) is 90.3 Å². The van der Waals surface area contributed by atoms with E-state index >= 15 is 0 Å². The van der Waals surface area contributed by atoms with Crippen LogP contribution in [-0.4, -0.2) is 5.91 Å². The molecular weight excluding hydrogens is 320 g/mol. The highest BCUT2D eigenvalue weighted by molar-refractivity contribution is 5.75. The summed E-state index contributed by atoms with van der Waals surface area (Å²) in [5.74, 6) is -0.250. The molecule has 0 saturated carbocycles. The number of allylic oxidation sites excluding steroid dienone is 6. The molecule has 1 rings (SSSR count). The van der Waals surface area contributed by atoms with E-state index in [0.717, 1.165) is 17.0 Å². The van der Waals surface area contributed by atoms with Gasteiger partial charge in [-0.25, -0.2) is 0 Å². The molecule has 26 heavy (non-hydrogen) atoms. The molecule has 0 unspecified atom stereocenters. The van der Waals surface area contributed by atoms with Gasteiger partial charge in [-0.1, -0.05) is 81.6 Å². The lowest BCUT2D eigenvalue weighted by molar-refractivity contribution is -0.120. The van der Waals surface area contributed by atoms with E-state index in [4.69, 9.17) is 5.73 Å². The van der Waals surface area contributed by atoms with Crippen molar-refractivity contribution >= 4 is 11.5 Å². The lowest BCUT2D eigenvalue weighted by Crippen LogP contribution is -2.17. The molecule has 1 aromatic rings. The van der Waals surface area contributed by atoms with Crippen LogP contribution in [-0.2, 0) is 4.79 Å². The Morgan fingerprint density at radius 3 is 2.12 bits per heavy atom. The molecule has 1 aromatic carbocycles. The Morgan fingerprint density at radius 2 is 1.73 bits per heavy atom. The third-order valence-electron chi connectivity index (χ3n) is 3.42. The normalized spacial score (nSPS) is 12.2. The van der Waals surface area contributed by atoms with Crippen LogP contribution in [0.3, 0.4) is 0 Å². The number of hydrogen-bond donors (Lipinski definition) is 2. The SMILES string of the molecule is C=C/C=C(\C=C/C)C(/NC(=C)C)=C(/C)c1ccccc1.CC(C)C(N)=O. The first-order valence-electron chi connectivity index (χ1n) is 8.68. The fourth-order valence-corrected chi connectivity index (χ4v) is 1.96. The molecule has 0 aliphatic rings. The van der Waals surface area contributed by atoms with Gasteiger partial charge in [0.15, 0.2) is 0 Å². The summed E-state index contributed by atoms with van der Waals surface area (Å²) in [6.07, 6.45) is 7.89. The summed E-state index contributed by atoms with van der Waals surface area (Å²) in [5.41, 5.74) is 10.2. The largest absolute Gasteiger partial charge is 0.369 e. The first-order valence-corrected chi connectivity index (χ1v) is 8.68. The average molecular weight is 353 g/mol. The summed E-state index contributed by atoms with van der Waals surface area (Å²) < 4.78 is 0. The lowest BCUT2D eigenvalue weighted by Gasteiger charge is -2.16. The molecule has 0 saturated heterocycles. The molecule has 3 heteroatoms. The highest BCUT2D eigenvalue weighted by Crippen LogP contribution is 2.23. The van der Waals surface area contributed by atoms with Crippen LogP contribution in [0, 0.1) is 5.92 Å². The zero-order chi connectivity index (χ0) is 20.1. The van der Waals surface area contributed by atoms with Crippen LogP contribution >= 0.6 is 0 Å². The zero-order valence-electron chi connectivity index (χ0n) is 16.7. The van der Waals surface area contributed by atoms with Crippen LogP contribution in [0.4, 0.5) is 0 Å². The van der Waals surface area contributed by atoms with Crippen molar-refractivity contribution in [2.75, 3.05) is 0 Å². The maximum Gasteiger partial charge on any atom is 0.219 e. The van der Waals surface area contributed by atoms with E-state index in [9.17, 15) is 4.79 Å². The van der Waals surface area contributed by atoms with E-state index in [2.05, 4.69) is 43.6 Å². The maximum atomic E-state index is 9.92. The van der Waals surface area contributed by atoms with Gasteiger partial charge >= 0.3 is 0 Å². The molecule has 0 aliphatic heterocycles. The van der Waals surface area contributed by atoms with Crippen LogP contribution in [0.5, 0.6) is 0 Å². The lowest BCUT2D eigenvalue weighted by atomic mass is 10.00. The van der Waals surface area contributed by atoms with Crippen LogP contribution in [0.2, 0.25) is 0 Å². The smallest absolute Gasteiger partial charge is 0.219 e. The Morgan fingerprint density at radius 1 is 1.19 bits per heavy atom. The number of primary amides is 1. The molecule has 3 nitrogen and oxygen atoms in total. The topological polar surface area (TPSA) is 55.1 Å². The highest BCUT2D eigenvalue weighted by Gasteiger charge is 2.08. The van der Waals surface area contributed by atoms with Crippen molar-refractivity contribution in [3.63, 3.8) is 0 Å². The summed E-state index contributed by atoms with van der Waals surface area (Å²) in [4.78, 5) is 9.92. The zero-order valence-corrected chi connectivity index (χ0v) is 16.7. The summed E-state index contributed by atoms with van der Waals surface area (Å²) in [7, 11) is 0. The molecule has 3 N–H and O–H groups in total. The Labute approximate surface area is 158 Å². The molecule has 0 bridgehead atoms. The maximum absolute atomic E-state index is 9.92. The summed E-state index contributed by atoms with van der Waals surface area (Å²) in [6, 6.07) is 10.3. The molecule has 0 radical (unpaired) electrons. The number of hydrogen-bond acceptors (Lipinski definition) is 2. The molecule has 140 valence electrons. The fraction of sp³-hybridized carbons (Fsp3) is 0.261. The number of carbonyl (C=O) groups is 1. The summed E-state index contributed by atoms with van der Waals surface area (Å²) in [5, 5.41) is 3.37. The van der Waals surface area contributed by atoms with Gasteiger partial charge in [-0.3, -0.25) is 4.79 Å². The second kappa shape index (κ2) is 12.5. The minimum atomic E-state index is -0.241. The van der Waals surface area contributed by atoms with E-state index in [1.165, 1.54) is 11.1 Å². The van der Waals surface area contributed by atoms with Crippen molar-refractivity contribution in [2.45, 2.75) is 34.6 Å². The minimum Gasteiger partial charge on any atom is -0.369 e. The van der Waals surface area contributed by atoms with Gasteiger partial charge < -0.3 is 11.1 Å². The van der Waals surface area contributed by atoms with Crippen molar-refractivity contribution in [2.24, 2.45) is 11.7 Å². The molecule has 0 fully saturated rings. The fourth-order valence-electron chi connectivity index (χ4n) is 1.96. The number of amides is 1. The van der Waals surface area contributed by atoms with Gasteiger partial charge in [0.05, 0.1) is 0 Å². The summed E-state index contributed by atoms with van der Waals surface area (Å²) in [6.45, 7) is 17.4. The molecule has 0 atom stereocenters. The van der Waals surface area contributed by atoms with E-state index in [1.807, 2.05) is 44.2 Å². The van der Waals surface area contributed by atoms with Gasteiger partial charge in [0, 0.05) is 17.3 Å². The Kier molecular flexibility index (Phi) is 11.2. The van der Waals surface area contributed by atoms with Crippen LogP contribution < -0.4 is 11.1 Å². The van der Waals surface area contributed by atoms with E-state index in [1.54, 1.807) is 19.9 Å². The van der Waals surface area contributed by atoms with Crippen molar-refractivity contribution in [3.8, 4) is 0 Å². The monoisotopic (exact) mass is 352 g/mol. The first-order chi connectivity index (χ1) is 12.2. The van der Waals surface area contributed by atoms with Crippen LogP contribution in [0.1, 0.15) is 40.2 Å². The Balaban J connectivity index is 0.000000896. The number of carbonyl (C=O) groups excluding carboxylic acids is 1. The van der Waals surface area contributed by atoms with Gasteiger partial charge in [0.1, 0.15) is 0 Å². The molecule has 0 spiro atoms. The molecule has 0 heterocycles. The van der Waals surface area contributed by atoms with Gasteiger partial charge in [-0.05, 0) is 37.5 Å². The second-order valence-electron chi connectivity index (χ2n) is 6.19. The van der Waals surface area contributed by atoms with Crippen molar-refractivity contribution in [1.82, 2.24) is 5.32 Å². The predicted molar refractivity (Wildman–Crippen MR) is 114 cm³/mol. The third-order valence-corrected chi connectivity index (χ3v) is 3.42. The Bertz CT molecular complexity index is 692. The molecular formula is C23H32N2O. The van der Waals surface area contributed by atoms with Crippen LogP contribution in [0.15, 0.2) is 84.8 Å². The Hall–Kier alpha value is -2.81. The molecule has 0 aromatic heterocycles. The highest BCUT2D eigenvalue weighted by atomic mass is 16.1. The van der Waals surface area contributed by atoms with Gasteiger partial charge in [0.25, 0.3) is 0 Å². The van der Waals surface area contributed by atoms with Crippen molar-refractivity contribution in [1.29, 1.82) is 0 Å². The van der Waals surface area contributed by atoms with Gasteiger partial charge in [0.2, 0.25) is 5.91 Å². The van der Waals surface area contributed by atoms with Gasteiger partial charge in [-0.15, -0.1) is 0 Å². The van der Waals surface area contributed by atoms with Crippen LogP contribution in [0.25, 0.3) is 5.57 Å². The standard InChI is InChI=1S/C19H23N.C4H9NO/c1-6-11-18(12-7-2)19(20-15(3)4)16(5)17-13-9-8-10-14-17;1-3(2)4(5)6/h6-14,20H,1,3H2,2,4-5H3;3H,1-2H3,(H2,5,6)/b12-7-,18-11+,19-16+;. The number of benzene rings is 1. The van der Waals surface area contributed by atoms with E-state index in [-0.39, 0.29) is 11.8 Å². The average Bonchev–Trinajstić information content (AvgIpc) is 2.60.